The quantitative estimate of drug-likeness (QED) is 0.844. The van der Waals surface area contributed by atoms with Crippen molar-refractivity contribution >= 4 is 0 Å². The zero-order valence-corrected chi connectivity index (χ0v) is 11.1. The molecule has 0 spiro atoms. The van der Waals surface area contributed by atoms with Crippen molar-refractivity contribution in [2.45, 2.75) is 45.3 Å². The predicted molar refractivity (Wildman–Crippen MR) is 71.4 cm³/mol. The molecule has 19 heavy (non-hydrogen) atoms. The van der Waals surface area contributed by atoms with E-state index in [0.29, 0.717) is 0 Å². The molecule has 1 saturated carbocycles. The van der Waals surface area contributed by atoms with E-state index in [-0.39, 0.29) is 5.75 Å². The Morgan fingerprint density at radius 3 is 2.42 bits per heavy atom. The van der Waals surface area contributed by atoms with Gasteiger partial charge in [0.05, 0.1) is 0 Å². The smallest absolute Gasteiger partial charge is 0.387 e. The molecule has 106 valence electrons. The number of benzene rings is 1. The Kier molecular flexibility index (Phi) is 5.58. The minimum atomic E-state index is -2.75. The Balaban J connectivity index is 1.70. The lowest BCUT2D eigenvalue weighted by atomic mass is 9.89. The van der Waals surface area contributed by atoms with Crippen LogP contribution in [0.15, 0.2) is 24.3 Å². The minimum Gasteiger partial charge on any atom is -0.435 e. The van der Waals surface area contributed by atoms with E-state index in [4.69, 9.17) is 0 Å². The van der Waals surface area contributed by atoms with Gasteiger partial charge >= 0.3 is 6.61 Å². The highest BCUT2D eigenvalue weighted by molar-refractivity contribution is 5.27. The van der Waals surface area contributed by atoms with Gasteiger partial charge < -0.3 is 10.1 Å². The molecule has 0 radical (unpaired) electrons. The van der Waals surface area contributed by atoms with Crippen LogP contribution in [0.2, 0.25) is 0 Å². The summed E-state index contributed by atoms with van der Waals surface area (Å²) in [7, 11) is 0. The van der Waals surface area contributed by atoms with Crippen LogP contribution in [0.1, 0.15) is 37.7 Å². The third kappa shape index (κ3) is 5.15. The Morgan fingerprint density at radius 1 is 1.11 bits per heavy atom. The number of halogens is 2. The van der Waals surface area contributed by atoms with Crippen molar-refractivity contribution in [1.29, 1.82) is 0 Å². The molecule has 0 atom stereocenters. The van der Waals surface area contributed by atoms with Crippen molar-refractivity contribution < 1.29 is 13.5 Å². The average molecular weight is 269 g/mol. The lowest BCUT2D eigenvalue weighted by Crippen LogP contribution is -2.24. The maximum atomic E-state index is 12.0. The highest BCUT2D eigenvalue weighted by Gasteiger charge is 2.12. The molecule has 1 aliphatic carbocycles. The molecule has 0 bridgehead atoms. The van der Waals surface area contributed by atoms with Gasteiger partial charge in [-0.1, -0.05) is 31.4 Å². The summed E-state index contributed by atoms with van der Waals surface area (Å²) in [6.45, 7) is -0.920. The van der Waals surface area contributed by atoms with E-state index in [1.165, 1.54) is 32.1 Å². The van der Waals surface area contributed by atoms with Crippen molar-refractivity contribution in [3.8, 4) is 5.75 Å². The Morgan fingerprint density at radius 2 is 1.79 bits per heavy atom. The van der Waals surface area contributed by atoms with Gasteiger partial charge in [-0.2, -0.15) is 8.78 Å². The molecular weight excluding hydrogens is 248 g/mol. The second-order valence-electron chi connectivity index (χ2n) is 5.16. The molecule has 1 fully saturated rings. The van der Waals surface area contributed by atoms with Gasteiger partial charge in [0.15, 0.2) is 0 Å². The van der Waals surface area contributed by atoms with E-state index in [9.17, 15) is 8.78 Å². The first-order chi connectivity index (χ1) is 9.24. The summed E-state index contributed by atoms with van der Waals surface area (Å²) >= 11 is 0. The van der Waals surface area contributed by atoms with Gasteiger partial charge in [-0.3, -0.25) is 0 Å². The summed E-state index contributed by atoms with van der Waals surface area (Å²) in [6, 6.07) is 6.82. The lowest BCUT2D eigenvalue weighted by molar-refractivity contribution is -0.0498. The van der Waals surface area contributed by atoms with Gasteiger partial charge in [0, 0.05) is 6.54 Å². The summed E-state index contributed by atoms with van der Waals surface area (Å²) in [5, 5.41) is 3.44. The minimum absolute atomic E-state index is 0.214. The molecule has 0 aliphatic heterocycles. The average Bonchev–Trinajstić information content (AvgIpc) is 2.41. The third-order valence-electron chi connectivity index (χ3n) is 3.64. The number of hydrogen-bond donors (Lipinski definition) is 1. The summed E-state index contributed by atoms with van der Waals surface area (Å²) in [5.74, 6) is 1.02. The summed E-state index contributed by atoms with van der Waals surface area (Å²) in [4.78, 5) is 0. The van der Waals surface area contributed by atoms with E-state index >= 15 is 0 Å². The highest BCUT2D eigenvalue weighted by Crippen LogP contribution is 2.23. The number of ether oxygens (including phenoxy) is 1. The topological polar surface area (TPSA) is 21.3 Å². The predicted octanol–water partition coefficient (Wildman–Crippen LogP) is 3.96. The molecule has 0 amide bonds. The van der Waals surface area contributed by atoms with Crippen molar-refractivity contribution in [3.63, 3.8) is 0 Å². The summed E-state index contributed by atoms with van der Waals surface area (Å²) in [6.07, 6.45) is 6.74. The molecule has 0 aromatic heterocycles. The normalized spacial score (nSPS) is 16.8. The van der Waals surface area contributed by atoms with Crippen LogP contribution in [0.4, 0.5) is 8.78 Å². The number of alkyl halides is 2. The number of nitrogens with one attached hydrogen (secondary N) is 1. The van der Waals surface area contributed by atoms with E-state index < -0.39 is 6.61 Å². The highest BCUT2D eigenvalue weighted by atomic mass is 19.3. The van der Waals surface area contributed by atoms with Crippen LogP contribution >= 0.6 is 0 Å². The van der Waals surface area contributed by atoms with E-state index in [0.717, 1.165) is 24.6 Å². The van der Waals surface area contributed by atoms with Gasteiger partial charge in [0.1, 0.15) is 5.75 Å². The fraction of sp³-hybridized carbons (Fsp3) is 0.600. The first-order valence-electron chi connectivity index (χ1n) is 6.98. The van der Waals surface area contributed by atoms with Crippen LogP contribution in [0.3, 0.4) is 0 Å². The van der Waals surface area contributed by atoms with Gasteiger partial charge in [-0.05, 0) is 43.0 Å². The van der Waals surface area contributed by atoms with Gasteiger partial charge in [-0.25, -0.2) is 0 Å². The number of rotatable bonds is 6. The summed E-state index contributed by atoms with van der Waals surface area (Å²) in [5.41, 5.74) is 1.09. The van der Waals surface area contributed by atoms with Crippen LogP contribution in [-0.4, -0.2) is 13.2 Å². The van der Waals surface area contributed by atoms with Crippen LogP contribution in [0.25, 0.3) is 0 Å². The Bertz CT molecular complexity index is 361. The zero-order chi connectivity index (χ0) is 13.5. The largest absolute Gasteiger partial charge is 0.435 e. The molecule has 0 saturated heterocycles. The fourth-order valence-corrected chi connectivity index (χ4v) is 2.60. The standard InChI is InChI=1S/C15H21F2NO/c16-15(17)19-14-8-6-13(7-9-14)11-18-10-12-4-2-1-3-5-12/h6-9,12,15,18H,1-5,10-11H2. The number of hydrogen-bond acceptors (Lipinski definition) is 2. The van der Waals surface area contributed by atoms with E-state index in [1.807, 2.05) is 12.1 Å². The molecular formula is C15H21F2NO. The van der Waals surface area contributed by atoms with Crippen LogP contribution in [0, 0.1) is 5.92 Å². The maximum absolute atomic E-state index is 12.0. The second kappa shape index (κ2) is 7.43. The third-order valence-corrected chi connectivity index (χ3v) is 3.64. The van der Waals surface area contributed by atoms with Crippen molar-refractivity contribution in [2.75, 3.05) is 6.54 Å². The van der Waals surface area contributed by atoms with Crippen molar-refractivity contribution in [3.05, 3.63) is 29.8 Å². The Labute approximate surface area is 113 Å². The molecule has 0 unspecified atom stereocenters. The summed E-state index contributed by atoms with van der Waals surface area (Å²) < 4.78 is 28.3. The second-order valence-corrected chi connectivity index (χ2v) is 5.16. The SMILES string of the molecule is FC(F)Oc1ccc(CNCC2CCCCC2)cc1. The molecule has 0 heterocycles. The van der Waals surface area contributed by atoms with Gasteiger partial charge in [0.25, 0.3) is 0 Å². The zero-order valence-electron chi connectivity index (χ0n) is 11.1. The van der Waals surface area contributed by atoms with Gasteiger partial charge in [-0.15, -0.1) is 0 Å². The lowest BCUT2D eigenvalue weighted by Gasteiger charge is -2.21. The van der Waals surface area contributed by atoms with E-state index in [1.54, 1.807) is 12.1 Å². The molecule has 1 aliphatic rings. The van der Waals surface area contributed by atoms with Crippen LogP contribution < -0.4 is 10.1 Å². The maximum Gasteiger partial charge on any atom is 0.387 e. The molecule has 2 rings (SSSR count). The van der Waals surface area contributed by atoms with E-state index in [2.05, 4.69) is 10.1 Å². The monoisotopic (exact) mass is 269 g/mol. The Hall–Kier alpha value is -1.16. The fourth-order valence-electron chi connectivity index (χ4n) is 2.60. The first kappa shape index (κ1) is 14.3. The van der Waals surface area contributed by atoms with Crippen molar-refractivity contribution in [1.82, 2.24) is 5.32 Å². The molecule has 4 heteroatoms. The molecule has 1 N–H and O–H groups in total. The first-order valence-corrected chi connectivity index (χ1v) is 6.98. The molecule has 1 aromatic rings. The van der Waals surface area contributed by atoms with Gasteiger partial charge in [0.2, 0.25) is 0 Å². The molecule has 1 aromatic carbocycles. The van der Waals surface area contributed by atoms with Crippen LogP contribution in [-0.2, 0) is 6.54 Å². The molecule has 2 nitrogen and oxygen atoms in total. The van der Waals surface area contributed by atoms with Crippen LogP contribution in [0.5, 0.6) is 5.75 Å². The van der Waals surface area contributed by atoms with Crippen molar-refractivity contribution in [2.24, 2.45) is 5.92 Å².